The summed E-state index contributed by atoms with van der Waals surface area (Å²) in [5.74, 6) is 0.760. The molecule has 7 atom stereocenters. The Bertz CT molecular complexity index is 2200. The van der Waals surface area contributed by atoms with E-state index in [1.807, 2.05) is 31.2 Å². The van der Waals surface area contributed by atoms with E-state index in [9.17, 15) is 4.79 Å². The fourth-order valence-electron chi connectivity index (χ4n) is 8.82. The molecule has 1 fully saturated rings. The largest absolute Gasteiger partial charge is 0.490 e. The number of carbonyl (C=O) groups excluding carboxylic acids is 1. The molecule has 1 unspecified atom stereocenters. The number of amides is 1. The Morgan fingerprint density at radius 3 is 2.70 bits per heavy atom. The molecule has 4 heterocycles. The third-order valence-electron chi connectivity index (χ3n) is 11.6. The van der Waals surface area contributed by atoms with Gasteiger partial charge in [0.2, 0.25) is 0 Å². The van der Waals surface area contributed by atoms with Crippen LogP contribution >= 0.6 is 11.6 Å². The first-order chi connectivity index (χ1) is 25.6. The van der Waals surface area contributed by atoms with Gasteiger partial charge in [0.25, 0.3) is 5.91 Å². The first-order valence-electron chi connectivity index (χ1n) is 18.3. The highest BCUT2D eigenvalue weighted by molar-refractivity contribution is 7.95. The molecule has 1 saturated carbocycles. The predicted octanol–water partition coefficient (Wildman–Crippen LogP) is 6.39. The number of hydrogen-bond donors (Lipinski definition) is 1. The van der Waals surface area contributed by atoms with Crippen molar-refractivity contribution in [1.29, 1.82) is 0 Å². The van der Waals surface area contributed by atoms with E-state index in [-0.39, 0.29) is 29.0 Å². The van der Waals surface area contributed by atoms with Crippen molar-refractivity contribution in [3.8, 4) is 5.75 Å². The molecule has 4 aliphatic rings. The zero-order valence-corrected chi connectivity index (χ0v) is 32.1. The van der Waals surface area contributed by atoms with Gasteiger partial charge in [0, 0.05) is 56.6 Å². The van der Waals surface area contributed by atoms with Crippen LogP contribution in [0.4, 0.5) is 11.5 Å². The van der Waals surface area contributed by atoms with Crippen LogP contribution in [0, 0.1) is 17.8 Å². The van der Waals surface area contributed by atoms with Crippen LogP contribution in [0.15, 0.2) is 65.4 Å². The molecule has 14 heteroatoms. The van der Waals surface area contributed by atoms with Gasteiger partial charge in [0.1, 0.15) is 22.0 Å². The summed E-state index contributed by atoms with van der Waals surface area (Å²) in [6.07, 6.45) is 11.8. The molecule has 2 aromatic heterocycles. The van der Waals surface area contributed by atoms with E-state index in [0.717, 1.165) is 61.7 Å². The molecule has 2 aliphatic heterocycles. The van der Waals surface area contributed by atoms with E-state index < -0.39 is 21.9 Å². The number of ether oxygens (including phenoxy) is 3. The van der Waals surface area contributed by atoms with E-state index in [1.54, 1.807) is 38.2 Å². The second kappa shape index (κ2) is 14.3. The molecule has 53 heavy (non-hydrogen) atoms. The highest BCUT2D eigenvalue weighted by atomic mass is 35.5. The quantitative estimate of drug-likeness (QED) is 0.235. The lowest BCUT2D eigenvalue weighted by molar-refractivity contribution is 0.0120. The molecule has 2 bridgehead atoms. The molecule has 280 valence electrons. The van der Waals surface area contributed by atoms with Crippen LogP contribution in [-0.4, -0.2) is 81.7 Å². The number of hydrogen-bond acceptors (Lipinski definition) is 9. The minimum atomic E-state index is -3.47. The fourth-order valence-corrected chi connectivity index (χ4v) is 11.0. The number of benzene rings is 2. The molecule has 12 nitrogen and oxygen atoms in total. The Labute approximate surface area is 315 Å². The zero-order chi connectivity index (χ0) is 36.9. The van der Waals surface area contributed by atoms with Crippen molar-refractivity contribution in [2.24, 2.45) is 29.2 Å². The van der Waals surface area contributed by atoms with Gasteiger partial charge in [-0.1, -0.05) is 36.7 Å². The first kappa shape index (κ1) is 36.0. The predicted molar refractivity (Wildman–Crippen MR) is 206 cm³/mol. The van der Waals surface area contributed by atoms with E-state index >= 15 is 4.21 Å². The van der Waals surface area contributed by atoms with Crippen molar-refractivity contribution in [2.45, 2.75) is 56.7 Å². The molecular formula is C39H46ClN7O5S. The van der Waals surface area contributed by atoms with Gasteiger partial charge in [-0.15, -0.1) is 4.36 Å². The zero-order valence-electron chi connectivity index (χ0n) is 30.5. The molecule has 4 aromatic rings. The van der Waals surface area contributed by atoms with Crippen LogP contribution in [-0.2, 0) is 38.3 Å². The number of carbonyl (C=O) groups is 1. The summed E-state index contributed by atoms with van der Waals surface area (Å²) < 4.78 is 42.9. The average molecular weight is 760 g/mol. The van der Waals surface area contributed by atoms with Gasteiger partial charge in [-0.2, -0.15) is 5.10 Å². The Hall–Kier alpha value is -4.04. The average Bonchev–Trinajstić information content (AvgIpc) is 3.45. The van der Waals surface area contributed by atoms with Crippen LogP contribution in [0.2, 0.25) is 5.02 Å². The number of rotatable bonds is 4. The lowest BCUT2D eigenvalue weighted by Crippen LogP contribution is -2.49. The minimum absolute atomic E-state index is 0.00314. The number of fused-ring (bicyclic) bond motifs is 5. The molecule has 2 aromatic carbocycles. The van der Waals surface area contributed by atoms with E-state index in [2.05, 4.69) is 47.3 Å². The van der Waals surface area contributed by atoms with Crippen molar-refractivity contribution >= 4 is 50.0 Å². The first-order valence-corrected chi connectivity index (χ1v) is 20.4. The van der Waals surface area contributed by atoms with Gasteiger partial charge in [0.15, 0.2) is 11.5 Å². The maximum absolute atomic E-state index is 15.0. The second-order valence-corrected chi connectivity index (χ2v) is 17.6. The lowest BCUT2D eigenvalue weighted by Gasteiger charge is -2.46. The van der Waals surface area contributed by atoms with Crippen LogP contribution in [0.3, 0.4) is 0 Å². The minimum Gasteiger partial charge on any atom is -0.490 e. The number of nitrogens with zero attached hydrogens (tertiary/aromatic N) is 6. The number of aromatic nitrogens is 4. The van der Waals surface area contributed by atoms with Crippen LogP contribution in [0.1, 0.15) is 54.1 Å². The summed E-state index contributed by atoms with van der Waals surface area (Å²) in [6.45, 7) is 3.94. The maximum atomic E-state index is 15.0. The van der Waals surface area contributed by atoms with E-state index in [0.29, 0.717) is 35.0 Å². The van der Waals surface area contributed by atoms with Crippen molar-refractivity contribution in [2.75, 3.05) is 49.3 Å². The maximum Gasteiger partial charge on any atom is 0.286 e. The summed E-state index contributed by atoms with van der Waals surface area (Å²) in [4.78, 5) is 25.3. The summed E-state index contributed by atoms with van der Waals surface area (Å²) >= 11 is 6.48. The van der Waals surface area contributed by atoms with Crippen molar-refractivity contribution in [3.63, 3.8) is 0 Å². The molecule has 2 aliphatic carbocycles. The molecule has 1 N–H and O–H groups in total. The number of methoxy groups -OCH3 is 2. The number of nitrogens with one attached hydrogen (secondary N) is 1. The van der Waals surface area contributed by atoms with Crippen LogP contribution < -0.4 is 14.4 Å². The summed E-state index contributed by atoms with van der Waals surface area (Å²) in [5, 5.41) is 5.68. The van der Waals surface area contributed by atoms with Crippen molar-refractivity contribution < 1.29 is 23.2 Å². The van der Waals surface area contributed by atoms with Gasteiger partial charge < -0.3 is 19.1 Å². The Balaban J connectivity index is 1.24. The summed E-state index contributed by atoms with van der Waals surface area (Å²) in [6, 6.07) is 11.7. The number of halogens is 1. The fraction of sp³-hybridized carbons (Fsp3) is 0.487. The Morgan fingerprint density at radius 1 is 1.08 bits per heavy atom. The number of aryl methyl sites for hydroxylation is 2. The Kier molecular flexibility index (Phi) is 9.71. The number of anilines is 2. The van der Waals surface area contributed by atoms with Crippen molar-refractivity contribution in [3.05, 3.63) is 82.8 Å². The second-order valence-electron chi connectivity index (χ2n) is 15.1. The van der Waals surface area contributed by atoms with E-state index in [4.69, 9.17) is 25.8 Å². The standard InChI is InChI=1S/C39H46ClN7O5S/c1-24-20-53(49,44-37-30-19-46(2)43-36(30)41-23-42-37)45-38(48)26-8-12-35-32(17-26)47(18-27-7-10-29(27)34(51-4)14-13-33(24)50-3)21-39(22-52-35)15-5-6-25-16-28(40)9-11-31(25)39/h8-9,11-14,16-17,19,23-24,27,29,33-34H,5-7,10,15,18,20-22H2,1-4H3,(H,41,42,43,44,45,48,49)/b14-13-/t24-,27+,29-,33+,34+,39+,53?/m1/s1. The van der Waals surface area contributed by atoms with Gasteiger partial charge >= 0.3 is 0 Å². The van der Waals surface area contributed by atoms with Gasteiger partial charge in [-0.25, -0.2) is 14.2 Å². The van der Waals surface area contributed by atoms with Crippen LogP contribution in [0.25, 0.3) is 11.0 Å². The summed E-state index contributed by atoms with van der Waals surface area (Å²) in [7, 11) is 1.70. The summed E-state index contributed by atoms with van der Waals surface area (Å²) in [5.41, 5.74) is 3.89. The lowest BCUT2D eigenvalue weighted by atomic mass is 9.68. The van der Waals surface area contributed by atoms with Crippen LogP contribution in [0.5, 0.6) is 5.75 Å². The van der Waals surface area contributed by atoms with E-state index in [1.165, 1.54) is 17.5 Å². The monoisotopic (exact) mass is 759 g/mol. The Morgan fingerprint density at radius 2 is 1.91 bits per heavy atom. The molecule has 8 rings (SSSR count). The van der Waals surface area contributed by atoms with Gasteiger partial charge in [-0.3, -0.25) is 14.2 Å². The molecular weight excluding hydrogens is 714 g/mol. The smallest absolute Gasteiger partial charge is 0.286 e. The molecule has 0 radical (unpaired) electrons. The van der Waals surface area contributed by atoms with Gasteiger partial charge in [0.05, 0.1) is 35.6 Å². The topological polar surface area (TPSA) is 133 Å². The highest BCUT2D eigenvalue weighted by Crippen LogP contribution is 2.47. The normalized spacial score (nSPS) is 30.7. The molecule has 0 saturated heterocycles. The molecule has 1 amide bonds. The highest BCUT2D eigenvalue weighted by Gasteiger charge is 2.44. The third-order valence-corrected chi connectivity index (χ3v) is 13.8. The third kappa shape index (κ3) is 6.92. The van der Waals surface area contributed by atoms with Gasteiger partial charge in [-0.05, 0) is 91.3 Å². The molecule has 1 spiro atoms. The van der Waals surface area contributed by atoms with Crippen molar-refractivity contribution in [1.82, 2.24) is 19.7 Å². The SMILES string of the molecule is CO[C@H]1/C=C\[C@H](OC)[C@H](C)CS(=O)(Nc2ncnc3nn(C)cc23)=NC(=O)c2ccc3c(c2)N(C[C@@H]2CC[C@H]21)C[C@@]1(CCCc2cc(Cl)ccc21)CO3.